The van der Waals surface area contributed by atoms with Crippen molar-refractivity contribution in [1.29, 1.82) is 0 Å². The first kappa shape index (κ1) is 31.4. The maximum absolute atomic E-state index is 15.5. The number of nitrogens with one attached hydrogen (secondary N) is 2. The van der Waals surface area contributed by atoms with Gasteiger partial charge in [0, 0.05) is 4.57 Å². The minimum Gasteiger partial charge on any atom is -0.394 e. The highest BCUT2D eigenvalue weighted by atomic mass is 31.2. The van der Waals surface area contributed by atoms with Crippen molar-refractivity contribution in [3.63, 3.8) is 0 Å². The van der Waals surface area contributed by atoms with E-state index in [1.165, 1.54) is 0 Å². The summed E-state index contributed by atoms with van der Waals surface area (Å²) in [6.07, 6.45) is -11.7. The van der Waals surface area contributed by atoms with Crippen LogP contribution in [0, 0.1) is 0 Å². The molecule has 0 bridgehead atoms. The van der Waals surface area contributed by atoms with Gasteiger partial charge in [-0.2, -0.15) is 4.98 Å². The molecular formula is C20H22F2N9O12P2+. The SMILES string of the molecule is Nc1nc2c(ncn2[C@@H]2O[C@H](CO)[C@@H](F)[C@H]2OP(=O)(O)OC[C@H]2O[C@@H](n3cnc4c(=O)[nH]cnc43)[C@@H](F)[C@@H]2O[P+](=O)O)c(=O)[nH]1. The third kappa shape index (κ3) is 5.78. The van der Waals surface area contributed by atoms with Crippen LogP contribution in [0.5, 0.6) is 0 Å². The third-order valence-corrected chi connectivity index (χ3v) is 8.35. The molecule has 2 unspecified atom stereocenters. The predicted octanol–water partition coefficient (Wildman–Crippen LogP) is -1.16. The Morgan fingerprint density at radius 1 is 1.02 bits per heavy atom. The molecule has 0 saturated carbocycles. The summed E-state index contributed by atoms with van der Waals surface area (Å²) in [6, 6.07) is 0. The van der Waals surface area contributed by atoms with E-state index in [1.54, 1.807) is 0 Å². The largest absolute Gasteiger partial charge is 0.695 e. The average Bonchev–Trinajstić information content (AvgIpc) is 3.73. The fourth-order valence-corrected chi connectivity index (χ4v) is 6.38. The quantitative estimate of drug-likeness (QED) is 0.108. The van der Waals surface area contributed by atoms with Crippen molar-refractivity contribution in [1.82, 2.24) is 39.0 Å². The number of aliphatic hydroxyl groups excluding tert-OH is 1. The van der Waals surface area contributed by atoms with Crippen LogP contribution in [-0.4, -0.2) is 104 Å². The lowest BCUT2D eigenvalue weighted by Gasteiger charge is -2.24. The van der Waals surface area contributed by atoms with Gasteiger partial charge in [-0.1, -0.05) is 0 Å². The van der Waals surface area contributed by atoms with Crippen LogP contribution >= 0.6 is 16.1 Å². The highest BCUT2D eigenvalue weighted by Crippen LogP contribution is 2.51. The number of imidazole rings is 2. The molecule has 2 aliphatic rings. The van der Waals surface area contributed by atoms with Crippen LogP contribution in [0.3, 0.4) is 0 Å². The predicted molar refractivity (Wildman–Crippen MR) is 141 cm³/mol. The first-order chi connectivity index (χ1) is 21.4. The van der Waals surface area contributed by atoms with Crippen LogP contribution in [0.25, 0.3) is 22.3 Å². The van der Waals surface area contributed by atoms with Crippen molar-refractivity contribution in [3.05, 3.63) is 39.7 Å². The third-order valence-electron chi connectivity index (χ3n) is 6.94. The zero-order valence-electron chi connectivity index (χ0n) is 22.2. The average molecular weight is 680 g/mol. The number of hydrogen-bond acceptors (Lipinski definition) is 15. The summed E-state index contributed by atoms with van der Waals surface area (Å²) < 4.78 is 83.2. The number of nitrogen functional groups attached to an aromatic ring is 1. The summed E-state index contributed by atoms with van der Waals surface area (Å²) in [7, 11) is -8.72. The molecule has 2 fully saturated rings. The zero-order chi connectivity index (χ0) is 32.2. The molecule has 10 atom stereocenters. The van der Waals surface area contributed by atoms with Crippen molar-refractivity contribution in [2.75, 3.05) is 18.9 Å². The van der Waals surface area contributed by atoms with Gasteiger partial charge in [0.05, 0.1) is 32.2 Å². The number of aromatic amines is 2. The van der Waals surface area contributed by atoms with Gasteiger partial charge in [0.25, 0.3) is 11.1 Å². The van der Waals surface area contributed by atoms with Gasteiger partial charge in [-0.05, 0) is 0 Å². The number of nitrogens with two attached hydrogens (primary N) is 1. The van der Waals surface area contributed by atoms with E-state index in [2.05, 4.69) is 29.9 Å². The molecule has 6 rings (SSSR count). The van der Waals surface area contributed by atoms with Crippen LogP contribution in [0.1, 0.15) is 12.5 Å². The fraction of sp³-hybridized carbons (Fsp3) is 0.500. The van der Waals surface area contributed by atoms with Crippen molar-refractivity contribution >= 4 is 44.4 Å². The van der Waals surface area contributed by atoms with Crippen molar-refractivity contribution in [3.8, 4) is 0 Å². The van der Waals surface area contributed by atoms with Gasteiger partial charge in [0.1, 0.15) is 18.3 Å². The second kappa shape index (κ2) is 11.9. The minimum atomic E-state index is -5.31. The Labute approximate surface area is 247 Å². The first-order valence-corrected chi connectivity index (χ1v) is 15.3. The standard InChI is InChI=1S/C20H21F2N9O12P2/c21-8-6(1-32)40-19(31-5-27-11-15(31)28-20(23)29-17(11)34)13(8)43-45(37,38)39-2-7-12(42-44(35)36)9(22)18(41-7)30-4-26-10-14(30)24-3-25-16(10)33/h3-9,12-13,18-19,32H,1-2H2,(H5-,23,24,25,28,29,33,34,35,36,37,38)/p+1/t6-,7-,8-,9+,12-,13-,18-,19-/m1/s1. The van der Waals surface area contributed by atoms with E-state index < -0.39 is 89.6 Å². The maximum Gasteiger partial charge on any atom is 0.695 e. The summed E-state index contributed by atoms with van der Waals surface area (Å²) in [5.74, 6) is -0.329. The van der Waals surface area contributed by atoms with E-state index in [9.17, 15) is 33.6 Å². The van der Waals surface area contributed by atoms with Crippen LogP contribution in [0.2, 0.25) is 0 Å². The van der Waals surface area contributed by atoms with Gasteiger partial charge in [0.2, 0.25) is 5.95 Å². The fourth-order valence-electron chi connectivity index (χ4n) is 4.99. The Bertz CT molecular complexity index is 1920. The van der Waals surface area contributed by atoms with Crippen LogP contribution in [0.4, 0.5) is 14.7 Å². The number of halogens is 2. The molecule has 25 heteroatoms. The molecule has 242 valence electrons. The summed E-state index contributed by atoms with van der Waals surface area (Å²) in [5.41, 5.74) is 3.49. The van der Waals surface area contributed by atoms with Gasteiger partial charge in [-0.15, -0.1) is 9.42 Å². The second-order valence-corrected chi connectivity index (χ2v) is 11.8. The Kier molecular flexibility index (Phi) is 8.33. The number of anilines is 1. The summed E-state index contributed by atoms with van der Waals surface area (Å²) >= 11 is 0. The van der Waals surface area contributed by atoms with E-state index in [0.717, 1.165) is 28.1 Å². The number of aliphatic hydroxyl groups is 1. The number of phosphoric ester groups is 1. The van der Waals surface area contributed by atoms with Crippen molar-refractivity contribution in [2.45, 2.75) is 49.2 Å². The Balaban J connectivity index is 1.23. The normalized spacial score (nSPS) is 30.3. The summed E-state index contributed by atoms with van der Waals surface area (Å²) in [6.45, 7) is -1.88. The molecule has 0 aliphatic carbocycles. The molecule has 6 heterocycles. The number of aromatic nitrogens is 8. The maximum atomic E-state index is 15.5. The number of rotatable bonds is 10. The highest BCUT2D eigenvalue weighted by Gasteiger charge is 2.54. The number of nitrogens with zero attached hydrogens (tertiary/aromatic N) is 6. The number of hydrogen-bond donors (Lipinski definition) is 6. The van der Waals surface area contributed by atoms with Gasteiger partial charge in [-0.25, -0.2) is 28.3 Å². The smallest absolute Gasteiger partial charge is 0.394 e. The Morgan fingerprint density at radius 2 is 1.69 bits per heavy atom. The van der Waals surface area contributed by atoms with Crippen LogP contribution in [-0.2, 0) is 32.2 Å². The number of phosphoric acid groups is 1. The molecule has 45 heavy (non-hydrogen) atoms. The van der Waals surface area contributed by atoms with Gasteiger partial charge < -0.3 is 30.2 Å². The molecule has 2 aliphatic heterocycles. The highest BCUT2D eigenvalue weighted by molar-refractivity contribution is 7.47. The van der Waals surface area contributed by atoms with Gasteiger partial charge in [-0.3, -0.25) is 32.8 Å². The Morgan fingerprint density at radius 3 is 2.38 bits per heavy atom. The summed E-state index contributed by atoms with van der Waals surface area (Å²) in [5, 5.41) is 9.59. The molecule has 7 N–H and O–H groups in total. The molecule has 0 spiro atoms. The number of ether oxygens (including phenoxy) is 2. The van der Waals surface area contributed by atoms with Crippen LogP contribution in [0.15, 0.2) is 28.6 Å². The molecule has 2 saturated heterocycles. The van der Waals surface area contributed by atoms with Crippen molar-refractivity contribution in [2.24, 2.45) is 0 Å². The molecule has 4 aromatic rings. The van der Waals surface area contributed by atoms with E-state index in [-0.39, 0.29) is 28.3 Å². The lowest BCUT2D eigenvalue weighted by molar-refractivity contribution is -0.0589. The zero-order valence-corrected chi connectivity index (χ0v) is 24.0. The molecule has 0 amide bonds. The lowest BCUT2D eigenvalue weighted by Crippen LogP contribution is -2.34. The van der Waals surface area contributed by atoms with E-state index in [0.29, 0.717) is 0 Å². The van der Waals surface area contributed by atoms with E-state index in [4.69, 9.17) is 28.8 Å². The molecule has 4 aromatic heterocycles. The number of H-pyrrole nitrogens is 2. The number of fused-ring (bicyclic) bond motifs is 2. The Hall–Kier alpha value is -3.63. The second-order valence-electron chi connectivity index (χ2n) is 9.67. The van der Waals surface area contributed by atoms with E-state index in [1.807, 2.05) is 0 Å². The van der Waals surface area contributed by atoms with Crippen molar-refractivity contribution < 1.29 is 55.8 Å². The summed E-state index contributed by atoms with van der Waals surface area (Å²) in [4.78, 5) is 64.1. The first-order valence-electron chi connectivity index (χ1n) is 12.7. The topological polar surface area (TPSA) is 294 Å². The lowest BCUT2D eigenvalue weighted by atomic mass is 10.1. The minimum absolute atomic E-state index is 0.110. The molecular weight excluding hydrogens is 658 g/mol. The number of alkyl halides is 2. The van der Waals surface area contributed by atoms with Gasteiger partial charge in [0.15, 0.2) is 53.2 Å². The molecule has 21 nitrogen and oxygen atoms in total. The van der Waals surface area contributed by atoms with Gasteiger partial charge >= 0.3 is 16.1 Å². The molecule has 0 aromatic carbocycles. The molecule has 0 radical (unpaired) electrons. The van der Waals surface area contributed by atoms with E-state index >= 15 is 8.78 Å². The van der Waals surface area contributed by atoms with Crippen LogP contribution < -0.4 is 16.9 Å². The monoisotopic (exact) mass is 680 g/mol.